The highest BCUT2D eigenvalue weighted by Crippen LogP contribution is 2.38. The molecule has 0 spiro atoms. The number of thioether (sulfide) groups is 1. The number of hydrogen-bond acceptors (Lipinski definition) is 3. The van der Waals surface area contributed by atoms with Crippen LogP contribution in [-0.4, -0.2) is 12.2 Å². The molecular weight excluding hydrogens is 189 g/mol. The van der Waals surface area contributed by atoms with Crippen molar-refractivity contribution in [3.05, 3.63) is 24.0 Å². The number of rotatable bonds is 2. The summed E-state index contributed by atoms with van der Waals surface area (Å²) in [5.74, 6) is -0.204. The summed E-state index contributed by atoms with van der Waals surface area (Å²) in [5.41, 5.74) is 0.881. The Balaban J connectivity index is 2.16. The summed E-state index contributed by atoms with van der Waals surface area (Å²) in [6.45, 7) is 2.59. The van der Waals surface area contributed by atoms with Crippen molar-refractivity contribution in [1.82, 2.24) is 0 Å². The fraction of sp³-hybridized carbons (Fsp3) is 0.333. The molecule has 13 heavy (non-hydrogen) atoms. The predicted molar refractivity (Wildman–Crippen MR) is 51.3 cm³/mol. The molecule has 4 heteroatoms. The molecule has 1 atom stereocenters. The standard InChI is InChI=1S/C9H10FNOS/c1-2-12-9-11-7-4-3-6(10)5-8(7)13-9/h3-5,9,11H,2H2,1H3. The molecule has 0 saturated heterocycles. The molecule has 1 aromatic rings. The molecule has 1 unspecified atom stereocenters. The van der Waals surface area contributed by atoms with Crippen LogP contribution < -0.4 is 5.32 Å². The molecule has 2 rings (SSSR count). The molecule has 1 aliphatic rings. The van der Waals surface area contributed by atoms with Crippen LogP contribution in [0.25, 0.3) is 0 Å². The summed E-state index contributed by atoms with van der Waals surface area (Å²) in [4.78, 5) is 0.915. The highest BCUT2D eigenvalue weighted by Gasteiger charge is 2.21. The molecule has 1 N–H and O–H groups in total. The van der Waals surface area contributed by atoms with Gasteiger partial charge in [-0.25, -0.2) is 4.39 Å². The number of fused-ring (bicyclic) bond motifs is 1. The number of benzene rings is 1. The molecule has 0 fully saturated rings. The van der Waals surface area contributed by atoms with Gasteiger partial charge < -0.3 is 10.1 Å². The zero-order valence-corrected chi connectivity index (χ0v) is 8.03. The van der Waals surface area contributed by atoms with Crippen molar-refractivity contribution in [2.75, 3.05) is 11.9 Å². The molecule has 0 radical (unpaired) electrons. The lowest BCUT2D eigenvalue weighted by Crippen LogP contribution is -2.13. The minimum Gasteiger partial charge on any atom is -0.350 e. The lowest BCUT2D eigenvalue weighted by Gasteiger charge is -2.08. The van der Waals surface area contributed by atoms with E-state index in [-0.39, 0.29) is 11.4 Å². The number of anilines is 1. The summed E-state index contributed by atoms with van der Waals surface area (Å²) < 4.78 is 18.1. The van der Waals surface area contributed by atoms with Crippen LogP contribution in [0.5, 0.6) is 0 Å². The molecule has 1 heterocycles. The zero-order chi connectivity index (χ0) is 9.26. The molecule has 0 aromatic heterocycles. The van der Waals surface area contributed by atoms with E-state index in [2.05, 4.69) is 5.32 Å². The van der Waals surface area contributed by atoms with E-state index in [1.807, 2.05) is 6.92 Å². The van der Waals surface area contributed by atoms with Gasteiger partial charge >= 0.3 is 0 Å². The van der Waals surface area contributed by atoms with Crippen LogP contribution in [0.2, 0.25) is 0 Å². The van der Waals surface area contributed by atoms with Gasteiger partial charge in [-0.2, -0.15) is 0 Å². The average Bonchev–Trinajstić information content (AvgIpc) is 2.46. The van der Waals surface area contributed by atoms with E-state index in [4.69, 9.17) is 4.74 Å². The quantitative estimate of drug-likeness (QED) is 0.791. The second-order valence-corrected chi connectivity index (χ2v) is 3.79. The third kappa shape index (κ3) is 1.78. The Morgan fingerprint density at radius 3 is 3.23 bits per heavy atom. The smallest absolute Gasteiger partial charge is 0.180 e. The first-order valence-electron chi connectivity index (χ1n) is 4.14. The van der Waals surface area contributed by atoms with Crippen LogP contribution in [0.1, 0.15) is 6.92 Å². The van der Waals surface area contributed by atoms with Crippen LogP contribution in [0.15, 0.2) is 23.1 Å². The third-order valence-corrected chi connectivity index (χ3v) is 2.83. The number of halogens is 1. The molecule has 0 amide bonds. The maximum atomic E-state index is 12.8. The summed E-state index contributed by atoms with van der Waals surface area (Å²) in [6.07, 6.45) is 0. The van der Waals surface area contributed by atoms with E-state index in [0.717, 1.165) is 10.6 Å². The van der Waals surface area contributed by atoms with Gasteiger partial charge in [-0.1, -0.05) is 11.8 Å². The molecule has 0 bridgehead atoms. The van der Waals surface area contributed by atoms with E-state index >= 15 is 0 Å². The Labute approximate surface area is 80.5 Å². The topological polar surface area (TPSA) is 21.3 Å². The van der Waals surface area contributed by atoms with Crippen LogP contribution >= 0.6 is 11.8 Å². The molecule has 0 saturated carbocycles. The summed E-state index contributed by atoms with van der Waals surface area (Å²) in [5, 5.41) is 3.14. The van der Waals surface area contributed by atoms with E-state index in [9.17, 15) is 4.39 Å². The molecule has 1 aliphatic heterocycles. The van der Waals surface area contributed by atoms with Gasteiger partial charge in [0.05, 0.1) is 5.69 Å². The van der Waals surface area contributed by atoms with E-state index in [0.29, 0.717) is 6.61 Å². The van der Waals surface area contributed by atoms with Gasteiger partial charge in [-0.15, -0.1) is 0 Å². The van der Waals surface area contributed by atoms with E-state index < -0.39 is 0 Å². The van der Waals surface area contributed by atoms with Gasteiger partial charge in [0.25, 0.3) is 0 Å². The highest BCUT2D eigenvalue weighted by molar-refractivity contribution is 8.00. The zero-order valence-electron chi connectivity index (χ0n) is 7.21. The Morgan fingerprint density at radius 2 is 2.46 bits per heavy atom. The van der Waals surface area contributed by atoms with E-state index in [1.54, 1.807) is 6.07 Å². The van der Waals surface area contributed by atoms with Crippen molar-refractivity contribution in [3.63, 3.8) is 0 Å². The molecule has 0 aliphatic carbocycles. The predicted octanol–water partition coefficient (Wildman–Crippen LogP) is 2.66. The fourth-order valence-corrected chi connectivity index (χ4v) is 2.27. The molecule has 1 aromatic carbocycles. The van der Waals surface area contributed by atoms with Crippen molar-refractivity contribution in [1.29, 1.82) is 0 Å². The van der Waals surface area contributed by atoms with Crippen LogP contribution in [0, 0.1) is 5.82 Å². The minimum atomic E-state index is -0.204. The first-order valence-corrected chi connectivity index (χ1v) is 5.02. The largest absolute Gasteiger partial charge is 0.350 e. The van der Waals surface area contributed by atoms with Gasteiger partial charge in [0.2, 0.25) is 0 Å². The highest BCUT2D eigenvalue weighted by atomic mass is 32.2. The van der Waals surface area contributed by atoms with Crippen molar-refractivity contribution in [2.45, 2.75) is 17.4 Å². The van der Waals surface area contributed by atoms with Gasteiger partial charge in [0, 0.05) is 11.5 Å². The minimum absolute atomic E-state index is 0.0678. The second-order valence-electron chi connectivity index (χ2n) is 2.69. The van der Waals surface area contributed by atoms with Crippen LogP contribution in [0.4, 0.5) is 10.1 Å². The fourth-order valence-electron chi connectivity index (χ4n) is 1.21. The van der Waals surface area contributed by atoms with Crippen LogP contribution in [-0.2, 0) is 4.74 Å². The maximum absolute atomic E-state index is 12.8. The van der Waals surface area contributed by atoms with Crippen molar-refractivity contribution in [3.8, 4) is 0 Å². The van der Waals surface area contributed by atoms with Gasteiger partial charge in [-0.05, 0) is 25.1 Å². The monoisotopic (exact) mass is 199 g/mol. The lowest BCUT2D eigenvalue weighted by atomic mass is 10.3. The Kier molecular flexibility index (Phi) is 2.42. The van der Waals surface area contributed by atoms with Crippen molar-refractivity contribution < 1.29 is 9.13 Å². The van der Waals surface area contributed by atoms with Gasteiger partial charge in [0.1, 0.15) is 5.82 Å². The maximum Gasteiger partial charge on any atom is 0.180 e. The van der Waals surface area contributed by atoms with Gasteiger partial charge in [0.15, 0.2) is 5.56 Å². The van der Waals surface area contributed by atoms with Crippen molar-refractivity contribution >= 4 is 17.4 Å². The molecular formula is C9H10FNOS. The average molecular weight is 199 g/mol. The van der Waals surface area contributed by atoms with Crippen molar-refractivity contribution in [2.24, 2.45) is 0 Å². The lowest BCUT2D eigenvalue weighted by molar-refractivity contribution is 0.144. The second kappa shape index (κ2) is 3.55. The molecule has 2 nitrogen and oxygen atoms in total. The third-order valence-electron chi connectivity index (χ3n) is 1.77. The number of nitrogens with one attached hydrogen (secondary N) is 1. The summed E-state index contributed by atoms with van der Waals surface area (Å²) in [7, 11) is 0. The summed E-state index contributed by atoms with van der Waals surface area (Å²) in [6, 6.07) is 4.70. The first kappa shape index (κ1) is 8.84. The van der Waals surface area contributed by atoms with E-state index in [1.165, 1.54) is 23.9 Å². The summed E-state index contributed by atoms with van der Waals surface area (Å²) >= 11 is 1.50. The number of hydrogen-bond donors (Lipinski definition) is 1. The first-order chi connectivity index (χ1) is 6.29. The van der Waals surface area contributed by atoms with Crippen LogP contribution in [0.3, 0.4) is 0 Å². The van der Waals surface area contributed by atoms with Gasteiger partial charge in [-0.3, -0.25) is 0 Å². The normalized spacial score (nSPS) is 19.7. The Bertz CT molecular complexity index is 318. The SMILES string of the molecule is CCOC1Nc2ccc(F)cc2S1. The molecule has 70 valence electrons. The Morgan fingerprint density at radius 1 is 1.62 bits per heavy atom. The Hall–Kier alpha value is -0.740. The number of ether oxygens (including phenoxy) is 1.